The van der Waals surface area contributed by atoms with Crippen LogP contribution < -0.4 is 5.73 Å². The Bertz CT molecular complexity index is 184. The molecule has 0 saturated carbocycles. The molecule has 0 heterocycles. The van der Waals surface area contributed by atoms with E-state index in [1.807, 2.05) is 13.8 Å². The number of esters is 1. The molecule has 0 aromatic rings. The zero-order valence-electron chi connectivity index (χ0n) is 8.56. The third-order valence-corrected chi connectivity index (χ3v) is 1.70. The van der Waals surface area contributed by atoms with E-state index in [0.717, 1.165) is 0 Å². The number of hydrogen-bond donors (Lipinski definition) is 1. The fourth-order valence-electron chi connectivity index (χ4n) is 0.750. The van der Waals surface area contributed by atoms with Gasteiger partial charge in [-0.3, -0.25) is 9.59 Å². The van der Waals surface area contributed by atoms with E-state index >= 15 is 0 Å². The summed E-state index contributed by atoms with van der Waals surface area (Å²) in [4.78, 5) is 20.9. The summed E-state index contributed by atoms with van der Waals surface area (Å²) in [5, 5.41) is 0. The lowest BCUT2D eigenvalue weighted by atomic mass is 10.2. The topological polar surface area (TPSA) is 78.6 Å². The molecule has 5 heteroatoms. The minimum absolute atomic E-state index is 0.00629. The first-order chi connectivity index (χ1) is 6.61. The summed E-state index contributed by atoms with van der Waals surface area (Å²) in [7, 11) is 0. The quantitative estimate of drug-likeness (QED) is 0.468. The van der Waals surface area contributed by atoms with Gasteiger partial charge in [0.05, 0.1) is 13.2 Å². The normalized spacial score (nSPS) is 14.2. The van der Waals surface area contributed by atoms with Crippen LogP contribution in [0.3, 0.4) is 0 Å². The van der Waals surface area contributed by atoms with Crippen molar-refractivity contribution in [2.24, 2.45) is 11.7 Å². The second-order valence-electron chi connectivity index (χ2n) is 3.18. The molecule has 0 spiro atoms. The van der Waals surface area contributed by atoms with Gasteiger partial charge in [0.2, 0.25) is 0 Å². The molecule has 0 aromatic carbocycles. The van der Waals surface area contributed by atoms with Gasteiger partial charge < -0.3 is 15.2 Å². The van der Waals surface area contributed by atoms with Gasteiger partial charge in [0, 0.05) is 5.92 Å². The second kappa shape index (κ2) is 7.32. The van der Waals surface area contributed by atoms with Gasteiger partial charge in [-0.15, -0.1) is 0 Å². The summed E-state index contributed by atoms with van der Waals surface area (Å²) in [6.07, 6.45) is 0.554. The number of rotatable bonds is 7. The Balaban J connectivity index is 3.60. The maximum Gasteiger partial charge on any atom is 0.322 e. The molecule has 0 amide bonds. The van der Waals surface area contributed by atoms with Crippen LogP contribution in [0.4, 0.5) is 0 Å². The highest BCUT2D eigenvalue weighted by Crippen LogP contribution is 1.98. The molecule has 14 heavy (non-hydrogen) atoms. The molecule has 2 N–H and O–H groups in total. The van der Waals surface area contributed by atoms with Crippen molar-refractivity contribution in [2.45, 2.75) is 26.3 Å². The third-order valence-electron chi connectivity index (χ3n) is 1.70. The lowest BCUT2D eigenvalue weighted by Gasteiger charge is -2.13. The van der Waals surface area contributed by atoms with E-state index in [1.54, 1.807) is 0 Å². The van der Waals surface area contributed by atoms with E-state index in [2.05, 4.69) is 4.74 Å². The van der Waals surface area contributed by atoms with Gasteiger partial charge in [0.15, 0.2) is 0 Å². The lowest BCUT2D eigenvalue weighted by molar-refractivity contribution is -0.147. The third kappa shape index (κ3) is 5.53. The smallest absolute Gasteiger partial charge is 0.322 e. The van der Waals surface area contributed by atoms with Crippen molar-refractivity contribution in [3.63, 3.8) is 0 Å². The van der Waals surface area contributed by atoms with Crippen molar-refractivity contribution in [2.75, 3.05) is 13.2 Å². The molecular weight excluding hydrogens is 186 g/mol. The van der Waals surface area contributed by atoms with Crippen molar-refractivity contribution < 1.29 is 19.1 Å². The first-order valence-electron chi connectivity index (χ1n) is 4.59. The molecule has 0 radical (unpaired) electrons. The van der Waals surface area contributed by atoms with E-state index in [0.29, 0.717) is 12.9 Å². The molecular formula is C9H17NO4. The molecule has 0 aliphatic heterocycles. The van der Waals surface area contributed by atoms with E-state index < -0.39 is 12.0 Å². The maximum atomic E-state index is 11.1. The van der Waals surface area contributed by atoms with Crippen LogP contribution in [-0.2, 0) is 19.1 Å². The van der Waals surface area contributed by atoms with Crippen LogP contribution in [-0.4, -0.2) is 31.7 Å². The summed E-state index contributed by atoms with van der Waals surface area (Å²) in [6, 6.07) is -0.561. The van der Waals surface area contributed by atoms with Crippen molar-refractivity contribution in [1.82, 2.24) is 0 Å². The SMILES string of the molecule is CCC(N)C(=O)OCC(C)COC=O. The molecule has 2 atom stereocenters. The van der Waals surface area contributed by atoms with Crippen LogP contribution in [0.1, 0.15) is 20.3 Å². The Hall–Kier alpha value is -1.10. The van der Waals surface area contributed by atoms with Crippen LogP contribution in [0, 0.1) is 5.92 Å². The molecule has 82 valence electrons. The molecule has 0 aromatic heterocycles. The highest BCUT2D eigenvalue weighted by Gasteiger charge is 2.13. The zero-order valence-corrected chi connectivity index (χ0v) is 8.56. The summed E-state index contributed by atoms with van der Waals surface area (Å²) in [5.74, 6) is -0.418. The summed E-state index contributed by atoms with van der Waals surface area (Å²) < 4.78 is 9.40. The van der Waals surface area contributed by atoms with Crippen molar-refractivity contribution in [1.29, 1.82) is 0 Å². The molecule has 0 fully saturated rings. The van der Waals surface area contributed by atoms with Crippen LogP contribution in [0.5, 0.6) is 0 Å². The Kier molecular flexibility index (Phi) is 6.74. The van der Waals surface area contributed by atoms with Crippen LogP contribution >= 0.6 is 0 Å². The number of carbonyl (C=O) groups is 2. The highest BCUT2D eigenvalue weighted by atomic mass is 16.5. The van der Waals surface area contributed by atoms with Gasteiger partial charge >= 0.3 is 5.97 Å². The van der Waals surface area contributed by atoms with Crippen LogP contribution in [0.2, 0.25) is 0 Å². The largest absolute Gasteiger partial charge is 0.467 e. The van der Waals surface area contributed by atoms with Gasteiger partial charge in [0.25, 0.3) is 6.47 Å². The minimum Gasteiger partial charge on any atom is -0.467 e. The molecule has 2 unspecified atom stereocenters. The van der Waals surface area contributed by atoms with Gasteiger partial charge in [-0.05, 0) is 6.42 Å². The Morgan fingerprint density at radius 1 is 1.50 bits per heavy atom. The van der Waals surface area contributed by atoms with Gasteiger partial charge in [-0.1, -0.05) is 13.8 Å². The fraction of sp³-hybridized carbons (Fsp3) is 0.778. The molecule has 0 rings (SSSR count). The van der Waals surface area contributed by atoms with E-state index in [9.17, 15) is 9.59 Å². The van der Waals surface area contributed by atoms with E-state index in [-0.39, 0.29) is 19.1 Å². The zero-order chi connectivity index (χ0) is 11.0. The van der Waals surface area contributed by atoms with Crippen molar-refractivity contribution in [3.8, 4) is 0 Å². The molecule has 0 aliphatic rings. The lowest BCUT2D eigenvalue weighted by Crippen LogP contribution is -2.32. The molecule has 0 bridgehead atoms. The van der Waals surface area contributed by atoms with Gasteiger partial charge in [-0.2, -0.15) is 0 Å². The number of ether oxygens (including phenoxy) is 2. The average molecular weight is 203 g/mol. The number of hydrogen-bond acceptors (Lipinski definition) is 5. The van der Waals surface area contributed by atoms with Crippen LogP contribution in [0.25, 0.3) is 0 Å². The summed E-state index contributed by atoms with van der Waals surface area (Å²) >= 11 is 0. The summed E-state index contributed by atoms with van der Waals surface area (Å²) in [6.45, 7) is 4.47. The average Bonchev–Trinajstić information content (AvgIpc) is 2.21. The minimum atomic E-state index is -0.561. The number of nitrogens with two attached hydrogens (primary N) is 1. The molecule has 5 nitrogen and oxygen atoms in total. The van der Waals surface area contributed by atoms with Gasteiger partial charge in [-0.25, -0.2) is 0 Å². The standard InChI is InChI=1S/C9H17NO4/c1-3-8(10)9(12)14-5-7(2)4-13-6-11/h6-8H,3-5,10H2,1-2H3. The van der Waals surface area contributed by atoms with Crippen LogP contribution in [0.15, 0.2) is 0 Å². The first-order valence-corrected chi connectivity index (χ1v) is 4.59. The Labute approximate surface area is 83.5 Å². The maximum absolute atomic E-state index is 11.1. The highest BCUT2D eigenvalue weighted by molar-refractivity contribution is 5.75. The van der Waals surface area contributed by atoms with Gasteiger partial charge in [0.1, 0.15) is 6.04 Å². The fourth-order valence-corrected chi connectivity index (χ4v) is 0.750. The van der Waals surface area contributed by atoms with E-state index in [4.69, 9.17) is 10.5 Å². The molecule has 0 aliphatic carbocycles. The predicted molar refractivity (Wildman–Crippen MR) is 50.4 cm³/mol. The Morgan fingerprint density at radius 3 is 2.64 bits per heavy atom. The van der Waals surface area contributed by atoms with Crippen molar-refractivity contribution in [3.05, 3.63) is 0 Å². The second-order valence-corrected chi connectivity index (χ2v) is 3.18. The molecule has 0 saturated heterocycles. The Morgan fingerprint density at radius 2 is 2.14 bits per heavy atom. The first kappa shape index (κ1) is 12.9. The van der Waals surface area contributed by atoms with Crippen molar-refractivity contribution >= 4 is 12.4 Å². The predicted octanol–water partition coefficient (Wildman–Crippen LogP) is 0.0760. The van der Waals surface area contributed by atoms with E-state index in [1.165, 1.54) is 0 Å². The number of carbonyl (C=O) groups excluding carboxylic acids is 2. The summed E-state index contributed by atoms with van der Waals surface area (Å²) in [5.41, 5.74) is 5.44. The monoisotopic (exact) mass is 203 g/mol.